The van der Waals surface area contributed by atoms with Crippen LogP contribution in [0.3, 0.4) is 0 Å². The number of carbonyl (C=O) groups excluding carboxylic acids is 1. The van der Waals surface area contributed by atoms with E-state index in [0.29, 0.717) is 10.9 Å². The van der Waals surface area contributed by atoms with Crippen LogP contribution in [-0.4, -0.2) is 19.0 Å². The first-order valence-corrected chi connectivity index (χ1v) is 7.60. The van der Waals surface area contributed by atoms with Crippen LogP contribution in [0.25, 0.3) is 0 Å². The minimum Gasteiger partial charge on any atom is -0.349 e. The van der Waals surface area contributed by atoms with Gasteiger partial charge in [0.1, 0.15) is 0 Å². The molecular weight excluding hydrogens is 272 g/mol. The van der Waals surface area contributed by atoms with Gasteiger partial charge >= 0.3 is 0 Å². The molecule has 2 atom stereocenters. The molecule has 110 valence electrons. The largest absolute Gasteiger partial charge is 0.349 e. The van der Waals surface area contributed by atoms with E-state index in [1.165, 1.54) is 0 Å². The van der Waals surface area contributed by atoms with Gasteiger partial charge in [-0.15, -0.1) is 0 Å². The van der Waals surface area contributed by atoms with Crippen molar-refractivity contribution in [3.63, 3.8) is 0 Å². The molecule has 1 heterocycles. The third kappa shape index (κ3) is 2.99. The Bertz CT molecular complexity index is 481. The molecule has 0 saturated carbocycles. The highest BCUT2D eigenvalue weighted by Gasteiger charge is 2.44. The normalized spacial score (nSPS) is 23.9. The first kappa shape index (κ1) is 15.3. The van der Waals surface area contributed by atoms with Crippen molar-refractivity contribution in [1.29, 1.82) is 0 Å². The first-order chi connectivity index (χ1) is 9.45. The van der Waals surface area contributed by atoms with E-state index < -0.39 is 0 Å². The standard InChI is InChI=1S/C16H23ClN2O/c1-11(2)16(7-8-18-10-16)15(20)19-12(3)13-5-4-6-14(17)9-13/h4-6,9,11-12,18H,7-8,10H2,1-3H3,(H,19,20)/t12-,16?/m0/s1. The Labute approximate surface area is 126 Å². The van der Waals surface area contributed by atoms with Gasteiger partial charge in [-0.2, -0.15) is 0 Å². The van der Waals surface area contributed by atoms with Gasteiger partial charge in [0.15, 0.2) is 0 Å². The summed E-state index contributed by atoms with van der Waals surface area (Å²) in [5, 5.41) is 7.16. The summed E-state index contributed by atoms with van der Waals surface area (Å²) in [5.41, 5.74) is 0.753. The van der Waals surface area contributed by atoms with E-state index in [4.69, 9.17) is 11.6 Å². The molecule has 4 heteroatoms. The van der Waals surface area contributed by atoms with E-state index in [0.717, 1.165) is 25.1 Å². The monoisotopic (exact) mass is 294 g/mol. The van der Waals surface area contributed by atoms with Crippen molar-refractivity contribution in [2.45, 2.75) is 33.2 Å². The second kappa shape index (κ2) is 6.15. The summed E-state index contributed by atoms with van der Waals surface area (Å²) in [6.45, 7) is 7.92. The quantitative estimate of drug-likeness (QED) is 0.896. The average molecular weight is 295 g/mol. The minimum absolute atomic E-state index is 0.0302. The molecule has 1 fully saturated rings. The van der Waals surface area contributed by atoms with Crippen LogP contribution in [0.4, 0.5) is 0 Å². The van der Waals surface area contributed by atoms with Gasteiger partial charge in [0, 0.05) is 11.6 Å². The third-order valence-electron chi connectivity index (χ3n) is 4.44. The van der Waals surface area contributed by atoms with Gasteiger partial charge in [-0.25, -0.2) is 0 Å². The van der Waals surface area contributed by atoms with Crippen LogP contribution in [0.1, 0.15) is 38.8 Å². The maximum atomic E-state index is 12.7. The summed E-state index contributed by atoms with van der Waals surface area (Å²) >= 11 is 6.01. The zero-order valence-corrected chi connectivity index (χ0v) is 13.1. The number of halogens is 1. The number of carbonyl (C=O) groups is 1. The average Bonchev–Trinajstić information content (AvgIpc) is 2.89. The molecule has 1 aromatic rings. The Hall–Kier alpha value is -1.06. The van der Waals surface area contributed by atoms with Crippen LogP contribution >= 0.6 is 11.6 Å². The van der Waals surface area contributed by atoms with Gasteiger partial charge in [0.05, 0.1) is 11.5 Å². The van der Waals surface area contributed by atoms with Crippen molar-refractivity contribution in [1.82, 2.24) is 10.6 Å². The number of hydrogen-bond acceptors (Lipinski definition) is 2. The molecule has 0 radical (unpaired) electrons. The molecule has 1 unspecified atom stereocenters. The molecule has 1 aromatic carbocycles. The lowest BCUT2D eigenvalue weighted by atomic mass is 9.75. The predicted molar refractivity (Wildman–Crippen MR) is 82.8 cm³/mol. The zero-order valence-electron chi connectivity index (χ0n) is 12.4. The second-order valence-electron chi connectivity index (χ2n) is 5.99. The van der Waals surface area contributed by atoms with Gasteiger partial charge < -0.3 is 10.6 Å². The fourth-order valence-electron chi connectivity index (χ4n) is 2.86. The number of nitrogens with one attached hydrogen (secondary N) is 2. The zero-order chi connectivity index (χ0) is 14.8. The molecule has 0 aromatic heterocycles. The van der Waals surface area contributed by atoms with E-state index in [1.807, 2.05) is 31.2 Å². The van der Waals surface area contributed by atoms with E-state index in [-0.39, 0.29) is 17.4 Å². The highest BCUT2D eigenvalue weighted by Crippen LogP contribution is 2.35. The van der Waals surface area contributed by atoms with Crippen molar-refractivity contribution in [2.24, 2.45) is 11.3 Å². The van der Waals surface area contributed by atoms with Crippen LogP contribution in [0.15, 0.2) is 24.3 Å². The van der Waals surface area contributed by atoms with Crippen LogP contribution in [0.5, 0.6) is 0 Å². The number of benzene rings is 1. The summed E-state index contributed by atoms with van der Waals surface area (Å²) in [6.07, 6.45) is 0.902. The minimum atomic E-state index is -0.285. The lowest BCUT2D eigenvalue weighted by Gasteiger charge is -2.32. The van der Waals surface area contributed by atoms with Crippen molar-refractivity contribution in [3.8, 4) is 0 Å². The third-order valence-corrected chi connectivity index (χ3v) is 4.68. The first-order valence-electron chi connectivity index (χ1n) is 7.23. The van der Waals surface area contributed by atoms with Crippen molar-refractivity contribution >= 4 is 17.5 Å². The predicted octanol–water partition coefficient (Wildman–Crippen LogP) is 3.15. The fourth-order valence-corrected chi connectivity index (χ4v) is 3.06. The Morgan fingerprint density at radius 2 is 2.15 bits per heavy atom. The molecule has 3 nitrogen and oxygen atoms in total. The van der Waals surface area contributed by atoms with Crippen LogP contribution in [0.2, 0.25) is 5.02 Å². The molecule has 2 rings (SSSR count). The summed E-state index contributed by atoms with van der Waals surface area (Å²) < 4.78 is 0. The van der Waals surface area contributed by atoms with E-state index >= 15 is 0 Å². The Balaban J connectivity index is 2.10. The Morgan fingerprint density at radius 3 is 2.70 bits per heavy atom. The van der Waals surface area contributed by atoms with E-state index in [1.54, 1.807) is 0 Å². The molecule has 2 N–H and O–H groups in total. The maximum Gasteiger partial charge on any atom is 0.228 e. The highest BCUT2D eigenvalue weighted by molar-refractivity contribution is 6.30. The summed E-state index contributed by atoms with van der Waals surface area (Å²) in [7, 11) is 0. The number of hydrogen-bond donors (Lipinski definition) is 2. The van der Waals surface area contributed by atoms with Crippen LogP contribution in [0, 0.1) is 11.3 Å². The van der Waals surface area contributed by atoms with Gasteiger partial charge in [-0.1, -0.05) is 37.6 Å². The summed E-state index contributed by atoms with van der Waals surface area (Å²) in [5.74, 6) is 0.467. The van der Waals surface area contributed by atoms with Gasteiger partial charge in [-0.3, -0.25) is 4.79 Å². The number of rotatable bonds is 4. The molecule has 0 spiro atoms. The lowest BCUT2D eigenvalue weighted by molar-refractivity contribution is -0.133. The van der Waals surface area contributed by atoms with E-state index in [9.17, 15) is 4.79 Å². The summed E-state index contributed by atoms with van der Waals surface area (Å²) in [6, 6.07) is 7.62. The van der Waals surface area contributed by atoms with E-state index in [2.05, 4.69) is 24.5 Å². The van der Waals surface area contributed by atoms with Crippen LogP contribution < -0.4 is 10.6 Å². The topological polar surface area (TPSA) is 41.1 Å². The molecule has 0 aliphatic carbocycles. The molecule has 1 aliphatic rings. The Morgan fingerprint density at radius 1 is 1.40 bits per heavy atom. The fraction of sp³-hybridized carbons (Fsp3) is 0.562. The smallest absolute Gasteiger partial charge is 0.228 e. The molecular formula is C16H23ClN2O. The van der Waals surface area contributed by atoms with Crippen molar-refractivity contribution < 1.29 is 4.79 Å². The molecule has 1 amide bonds. The Kier molecular flexibility index (Phi) is 4.71. The second-order valence-corrected chi connectivity index (χ2v) is 6.42. The SMILES string of the molecule is CC(C)C1(C(=O)N[C@@H](C)c2cccc(Cl)c2)CCNC1. The maximum absolute atomic E-state index is 12.7. The van der Waals surface area contributed by atoms with Gasteiger partial charge in [-0.05, 0) is 43.5 Å². The van der Waals surface area contributed by atoms with Gasteiger partial charge in [0.25, 0.3) is 0 Å². The highest BCUT2D eigenvalue weighted by atomic mass is 35.5. The van der Waals surface area contributed by atoms with Crippen molar-refractivity contribution in [2.75, 3.05) is 13.1 Å². The lowest BCUT2D eigenvalue weighted by Crippen LogP contribution is -2.46. The summed E-state index contributed by atoms with van der Waals surface area (Å²) in [4.78, 5) is 12.7. The molecule has 20 heavy (non-hydrogen) atoms. The molecule has 1 aliphatic heterocycles. The molecule has 0 bridgehead atoms. The molecule has 1 saturated heterocycles. The van der Waals surface area contributed by atoms with Crippen LogP contribution in [-0.2, 0) is 4.79 Å². The number of amides is 1. The van der Waals surface area contributed by atoms with Gasteiger partial charge in [0.2, 0.25) is 5.91 Å². The van der Waals surface area contributed by atoms with Crippen molar-refractivity contribution in [3.05, 3.63) is 34.9 Å².